The van der Waals surface area contributed by atoms with Gasteiger partial charge in [0.05, 0.1) is 12.7 Å². The van der Waals surface area contributed by atoms with Crippen LogP contribution in [0.15, 0.2) is 4.52 Å². The van der Waals surface area contributed by atoms with Crippen LogP contribution in [-0.2, 0) is 4.79 Å². The van der Waals surface area contributed by atoms with E-state index in [0.29, 0.717) is 31.5 Å². The Morgan fingerprint density at radius 3 is 2.81 bits per heavy atom. The largest absolute Gasteiger partial charge is 0.396 e. The number of β-amino-alcohol motifs (C(OH)–C–C–N with tert-alkyl or cyclic N) is 1. The monoisotopic (exact) mass is 298 g/mol. The zero-order chi connectivity index (χ0) is 15.4. The summed E-state index contributed by atoms with van der Waals surface area (Å²) in [5.74, 6) is 0.978. The summed E-state index contributed by atoms with van der Waals surface area (Å²) in [6, 6.07) is 0. The molecule has 0 bridgehead atoms. The van der Waals surface area contributed by atoms with E-state index in [0.717, 1.165) is 0 Å². The van der Waals surface area contributed by atoms with Crippen molar-refractivity contribution in [2.45, 2.75) is 32.3 Å². The molecule has 1 amide bonds. The van der Waals surface area contributed by atoms with Crippen molar-refractivity contribution in [1.29, 1.82) is 0 Å². The summed E-state index contributed by atoms with van der Waals surface area (Å²) in [6.07, 6.45) is -0.608. The van der Waals surface area contributed by atoms with Gasteiger partial charge in [0.2, 0.25) is 11.8 Å². The molecular weight excluding hydrogens is 276 g/mol. The van der Waals surface area contributed by atoms with Crippen LogP contribution in [0.3, 0.4) is 0 Å². The van der Waals surface area contributed by atoms with E-state index in [-0.39, 0.29) is 31.4 Å². The van der Waals surface area contributed by atoms with Gasteiger partial charge in [0.1, 0.15) is 0 Å². The average molecular weight is 298 g/mol. The predicted molar refractivity (Wildman–Crippen MR) is 74.9 cm³/mol. The van der Waals surface area contributed by atoms with Crippen LogP contribution in [0.25, 0.3) is 0 Å². The molecular formula is C13H22N4O4. The number of carbonyl (C=O) groups excluding carboxylic acids is 1. The molecule has 8 heteroatoms. The van der Waals surface area contributed by atoms with Gasteiger partial charge in [-0.15, -0.1) is 0 Å². The highest BCUT2D eigenvalue weighted by Gasteiger charge is 2.26. The van der Waals surface area contributed by atoms with Crippen molar-refractivity contribution in [2.24, 2.45) is 0 Å². The maximum absolute atomic E-state index is 11.8. The highest BCUT2D eigenvalue weighted by atomic mass is 16.5. The Kier molecular flexibility index (Phi) is 5.13. The molecule has 1 aromatic rings. The minimum Gasteiger partial charge on any atom is -0.396 e. The first-order chi connectivity index (χ1) is 10.0. The summed E-state index contributed by atoms with van der Waals surface area (Å²) in [6.45, 7) is 5.32. The smallest absolute Gasteiger partial charge is 0.266 e. The van der Waals surface area contributed by atoms with Gasteiger partial charge in [0.15, 0.2) is 0 Å². The number of aliphatic hydroxyl groups is 2. The first-order valence-electron chi connectivity index (χ1n) is 7.16. The van der Waals surface area contributed by atoms with Crippen LogP contribution < -0.4 is 4.90 Å². The summed E-state index contributed by atoms with van der Waals surface area (Å²) in [5.41, 5.74) is 0. The van der Waals surface area contributed by atoms with E-state index in [9.17, 15) is 9.90 Å². The standard InChI is InChI=1S/C13H22N4O4/c1-9(2)12-14-13(15-21-12)17-5-4-16(7-10(19)8-17)11(20)3-6-18/h9-10,18-19H,3-8H2,1-2H3/t10-/m0/s1. The van der Waals surface area contributed by atoms with Crippen molar-refractivity contribution in [1.82, 2.24) is 15.0 Å². The molecule has 8 nitrogen and oxygen atoms in total. The molecule has 1 saturated heterocycles. The molecule has 0 aliphatic carbocycles. The summed E-state index contributed by atoms with van der Waals surface area (Å²) in [7, 11) is 0. The Balaban J connectivity index is 2.04. The lowest BCUT2D eigenvalue weighted by atomic mass is 10.2. The normalized spacial score (nSPS) is 20.0. The first-order valence-corrected chi connectivity index (χ1v) is 7.16. The van der Waals surface area contributed by atoms with Crippen LogP contribution in [0.1, 0.15) is 32.1 Å². The van der Waals surface area contributed by atoms with Crippen LogP contribution >= 0.6 is 0 Å². The van der Waals surface area contributed by atoms with Gasteiger partial charge >= 0.3 is 0 Å². The highest BCUT2D eigenvalue weighted by molar-refractivity contribution is 5.76. The number of anilines is 1. The van der Waals surface area contributed by atoms with Gasteiger partial charge in [-0.2, -0.15) is 4.98 Å². The van der Waals surface area contributed by atoms with E-state index in [2.05, 4.69) is 10.1 Å². The topological polar surface area (TPSA) is 103 Å². The predicted octanol–water partition coefficient (Wildman–Crippen LogP) is -0.415. The summed E-state index contributed by atoms with van der Waals surface area (Å²) < 4.78 is 5.17. The molecule has 1 atom stereocenters. The highest BCUT2D eigenvalue weighted by Crippen LogP contribution is 2.17. The third-order valence-electron chi connectivity index (χ3n) is 3.39. The molecule has 118 valence electrons. The molecule has 2 heterocycles. The molecule has 2 rings (SSSR count). The number of aromatic nitrogens is 2. The molecule has 0 aromatic carbocycles. The van der Waals surface area contributed by atoms with Crippen LogP contribution in [-0.4, -0.2) is 70.1 Å². The third kappa shape index (κ3) is 3.92. The molecule has 0 unspecified atom stereocenters. The van der Waals surface area contributed by atoms with Crippen molar-refractivity contribution in [3.8, 4) is 0 Å². The van der Waals surface area contributed by atoms with Gasteiger partial charge in [-0.25, -0.2) is 0 Å². The van der Waals surface area contributed by atoms with E-state index in [1.54, 1.807) is 4.90 Å². The van der Waals surface area contributed by atoms with Gasteiger partial charge in [0.25, 0.3) is 5.95 Å². The molecule has 1 aliphatic rings. The SMILES string of the molecule is CC(C)c1nc(N2CCN(C(=O)CCO)C[C@H](O)C2)no1. The molecule has 1 fully saturated rings. The molecule has 1 aliphatic heterocycles. The quantitative estimate of drug-likeness (QED) is 0.778. The van der Waals surface area contributed by atoms with Gasteiger partial charge in [0, 0.05) is 38.5 Å². The Morgan fingerprint density at radius 2 is 2.19 bits per heavy atom. The number of amides is 1. The number of nitrogens with zero attached hydrogens (tertiary/aromatic N) is 4. The van der Waals surface area contributed by atoms with Gasteiger partial charge in [-0.3, -0.25) is 4.79 Å². The van der Waals surface area contributed by atoms with E-state index >= 15 is 0 Å². The summed E-state index contributed by atoms with van der Waals surface area (Å²) >= 11 is 0. The Hall–Kier alpha value is -1.67. The lowest BCUT2D eigenvalue weighted by Gasteiger charge is -2.21. The summed E-state index contributed by atoms with van der Waals surface area (Å²) in [4.78, 5) is 19.5. The van der Waals surface area contributed by atoms with Crippen molar-refractivity contribution in [3.63, 3.8) is 0 Å². The fourth-order valence-electron chi connectivity index (χ4n) is 2.24. The number of hydrogen-bond acceptors (Lipinski definition) is 7. The second-order valence-electron chi connectivity index (χ2n) is 5.50. The van der Waals surface area contributed by atoms with E-state index < -0.39 is 6.10 Å². The van der Waals surface area contributed by atoms with Crippen LogP contribution in [0.5, 0.6) is 0 Å². The van der Waals surface area contributed by atoms with E-state index in [4.69, 9.17) is 9.63 Å². The van der Waals surface area contributed by atoms with Crippen LogP contribution in [0.2, 0.25) is 0 Å². The molecule has 21 heavy (non-hydrogen) atoms. The molecule has 0 spiro atoms. The Morgan fingerprint density at radius 1 is 1.43 bits per heavy atom. The van der Waals surface area contributed by atoms with Crippen molar-refractivity contribution < 1.29 is 19.5 Å². The molecule has 1 aromatic heterocycles. The molecule has 0 saturated carbocycles. The minimum absolute atomic E-state index is 0.0758. The zero-order valence-corrected chi connectivity index (χ0v) is 12.4. The van der Waals surface area contributed by atoms with Gasteiger partial charge in [-0.1, -0.05) is 13.8 Å². The molecule has 2 N–H and O–H groups in total. The number of rotatable bonds is 4. The van der Waals surface area contributed by atoms with Crippen molar-refractivity contribution >= 4 is 11.9 Å². The van der Waals surface area contributed by atoms with Crippen molar-refractivity contribution in [3.05, 3.63) is 5.89 Å². The maximum atomic E-state index is 11.8. The number of hydrogen-bond donors (Lipinski definition) is 2. The number of aliphatic hydroxyl groups excluding tert-OH is 2. The van der Waals surface area contributed by atoms with E-state index in [1.807, 2.05) is 18.7 Å². The van der Waals surface area contributed by atoms with Crippen molar-refractivity contribution in [2.75, 3.05) is 37.7 Å². The Labute approximate surface area is 123 Å². The lowest BCUT2D eigenvalue weighted by molar-refractivity contribution is -0.132. The maximum Gasteiger partial charge on any atom is 0.266 e. The minimum atomic E-state index is -0.684. The first kappa shape index (κ1) is 15.7. The Bertz CT molecular complexity index is 476. The van der Waals surface area contributed by atoms with Gasteiger partial charge in [-0.05, 0) is 5.16 Å². The second-order valence-corrected chi connectivity index (χ2v) is 5.50. The fourth-order valence-corrected chi connectivity index (χ4v) is 2.24. The average Bonchev–Trinajstić information content (AvgIpc) is 2.84. The zero-order valence-electron chi connectivity index (χ0n) is 12.4. The lowest BCUT2D eigenvalue weighted by Crippen LogP contribution is -2.37. The summed E-state index contributed by atoms with van der Waals surface area (Å²) in [5, 5.41) is 22.8. The third-order valence-corrected chi connectivity index (χ3v) is 3.39. The second kappa shape index (κ2) is 6.86. The van der Waals surface area contributed by atoms with Gasteiger partial charge < -0.3 is 24.5 Å². The van der Waals surface area contributed by atoms with E-state index in [1.165, 1.54) is 0 Å². The fraction of sp³-hybridized carbons (Fsp3) is 0.769. The van der Waals surface area contributed by atoms with Crippen LogP contribution in [0.4, 0.5) is 5.95 Å². The molecule has 0 radical (unpaired) electrons. The van der Waals surface area contributed by atoms with Crippen LogP contribution in [0, 0.1) is 0 Å². The number of carbonyl (C=O) groups is 1.